The van der Waals surface area contributed by atoms with Crippen molar-refractivity contribution in [2.24, 2.45) is 17.5 Å². The molecule has 0 spiro atoms. The SMILES string of the molecule is N#C[C@H](Cc1ccc(-c2ccc(C(N)=O)c(F)c2)cc1)N(N)C(=O)C1CCCCC1.O=C(O)C(F)(F)F. The molecule has 198 valence electrons. The number of hydrogen-bond acceptors (Lipinski definition) is 5. The molecule has 12 heteroatoms. The minimum atomic E-state index is -5.08. The van der Waals surface area contributed by atoms with Crippen LogP contribution < -0.4 is 11.6 Å². The van der Waals surface area contributed by atoms with E-state index < -0.39 is 29.9 Å². The number of carboxylic acids is 1. The van der Waals surface area contributed by atoms with Crippen LogP contribution in [0.4, 0.5) is 17.6 Å². The molecule has 5 N–H and O–H groups in total. The van der Waals surface area contributed by atoms with Crippen molar-refractivity contribution < 1.29 is 37.1 Å². The molecule has 1 aliphatic carbocycles. The lowest BCUT2D eigenvalue weighted by Gasteiger charge is -2.28. The molecule has 0 saturated heterocycles. The highest BCUT2D eigenvalue weighted by atomic mass is 19.4. The fourth-order valence-corrected chi connectivity index (χ4v) is 3.87. The standard InChI is InChI=1S/C23H25FN4O2.C2HF3O2/c24-21-13-18(10-11-20(21)22(26)29)16-8-6-15(7-9-16)12-19(14-25)28(27)23(30)17-4-2-1-3-5-17;3-2(4,5)1(6)7/h6-11,13,17,19H,1-5,12,27H2,(H2,26,29);(H,6,7)/t19-;/m0./s1. The highest BCUT2D eigenvalue weighted by Gasteiger charge is 2.38. The molecule has 1 aliphatic rings. The Morgan fingerprint density at radius 3 is 2.05 bits per heavy atom. The molecule has 1 atom stereocenters. The summed E-state index contributed by atoms with van der Waals surface area (Å²) in [5.74, 6) is 1.50. The number of carbonyl (C=O) groups excluding carboxylic acids is 2. The first-order valence-corrected chi connectivity index (χ1v) is 11.3. The van der Waals surface area contributed by atoms with Gasteiger partial charge in [-0.15, -0.1) is 0 Å². The van der Waals surface area contributed by atoms with Gasteiger partial charge in [-0.25, -0.2) is 15.0 Å². The first kappa shape index (κ1) is 29.3. The zero-order valence-corrected chi connectivity index (χ0v) is 19.7. The number of halogens is 4. The van der Waals surface area contributed by atoms with Gasteiger partial charge in [0.05, 0.1) is 11.6 Å². The molecule has 1 fully saturated rings. The van der Waals surface area contributed by atoms with E-state index in [0.29, 0.717) is 12.0 Å². The van der Waals surface area contributed by atoms with Crippen LogP contribution in [0.25, 0.3) is 11.1 Å². The van der Waals surface area contributed by atoms with Crippen molar-refractivity contribution in [2.45, 2.75) is 50.7 Å². The maximum absolute atomic E-state index is 14.0. The van der Waals surface area contributed by atoms with Gasteiger partial charge in [-0.1, -0.05) is 49.6 Å². The summed E-state index contributed by atoms with van der Waals surface area (Å²) < 4.78 is 45.7. The van der Waals surface area contributed by atoms with E-state index >= 15 is 0 Å². The maximum atomic E-state index is 14.0. The highest BCUT2D eigenvalue weighted by molar-refractivity contribution is 5.93. The number of nitrogens with zero attached hydrogens (tertiary/aromatic N) is 2. The third-order valence-electron chi connectivity index (χ3n) is 5.89. The number of amides is 2. The number of benzene rings is 2. The largest absolute Gasteiger partial charge is 0.490 e. The minimum absolute atomic E-state index is 0.0970. The maximum Gasteiger partial charge on any atom is 0.490 e. The van der Waals surface area contributed by atoms with Gasteiger partial charge in [0.1, 0.15) is 11.9 Å². The number of rotatable bonds is 6. The minimum Gasteiger partial charge on any atom is -0.475 e. The molecule has 2 amide bonds. The number of aliphatic carboxylic acids is 1. The Morgan fingerprint density at radius 1 is 1.05 bits per heavy atom. The molecule has 0 heterocycles. The smallest absolute Gasteiger partial charge is 0.475 e. The zero-order chi connectivity index (χ0) is 27.8. The summed E-state index contributed by atoms with van der Waals surface area (Å²) in [5, 5.41) is 17.7. The van der Waals surface area contributed by atoms with E-state index in [1.807, 2.05) is 12.1 Å². The average molecular weight is 522 g/mol. The molecule has 1 saturated carbocycles. The Bertz CT molecular complexity index is 1160. The topological polar surface area (TPSA) is 151 Å². The molecule has 0 bridgehead atoms. The van der Waals surface area contributed by atoms with Crippen LogP contribution in [-0.4, -0.2) is 40.1 Å². The van der Waals surface area contributed by atoms with Gasteiger partial charge in [0.15, 0.2) is 0 Å². The summed E-state index contributed by atoms with van der Waals surface area (Å²) in [6.45, 7) is 0. The fourth-order valence-electron chi connectivity index (χ4n) is 3.87. The van der Waals surface area contributed by atoms with Crippen molar-refractivity contribution in [2.75, 3.05) is 0 Å². The monoisotopic (exact) mass is 522 g/mol. The first-order valence-electron chi connectivity index (χ1n) is 11.3. The molecule has 0 radical (unpaired) electrons. The molecular weight excluding hydrogens is 496 g/mol. The Kier molecular flexibility index (Phi) is 10.1. The van der Waals surface area contributed by atoms with Crippen LogP contribution in [0.3, 0.4) is 0 Å². The van der Waals surface area contributed by atoms with Gasteiger partial charge >= 0.3 is 12.1 Å². The van der Waals surface area contributed by atoms with Crippen molar-refractivity contribution in [1.29, 1.82) is 5.26 Å². The molecule has 0 aliphatic heterocycles. The number of alkyl halides is 3. The molecule has 3 rings (SSSR count). The van der Waals surface area contributed by atoms with Crippen molar-refractivity contribution in [3.8, 4) is 17.2 Å². The van der Waals surface area contributed by atoms with Crippen LogP contribution in [0, 0.1) is 23.1 Å². The lowest BCUT2D eigenvalue weighted by molar-refractivity contribution is -0.192. The van der Waals surface area contributed by atoms with Crippen LogP contribution in [0.2, 0.25) is 0 Å². The summed E-state index contributed by atoms with van der Waals surface area (Å²) >= 11 is 0. The number of carbonyl (C=O) groups is 3. The van der Waals surface area contributed by atoms with Crippen LogP contribution in [0.5, 0.6) is 0 Å². The lowest BCUT2D eigenvalue weighted by atomic mass is 9.88. The van der Waals surface area contributed by atoms with Crippen molar-refractivity contribution in [3.05, 3.63) is 59.4 Å². The molecular formula is C25H26F4N4O4. The van der Waals surface area contributed by atoms with E-state index in [9.17, 15) is 32.4 Å². The third-order valence-corrected chi connectivity index (χ3v) is 5.89. The van der Waals surface area contributed by atoms with Crippen LogP contribution in [-0.2, 0) is 16.0 Å². The summed E-state index contributed by atoms with van der Waals surface area (Å²) in [7, 11) is 0. The number of carboxylic acid groups (broad SMARTS) is 1. The lowest BCUT2D eigenvalue weighted by Crippen LogP contribution is -2.49. The third kappa shape index (κ3) is 8.28. The van der Waals surface area contributed by atoms with Gasteiger partial charge in [-0.2, -0.15) is 18.4 Å². The van der Waals surface area contributed by atoms with Gasteiger partial charge in [0, 0.05) is 12.3 Å². The summed E-state index contributed by atoms with van der Waals surface area (Å²) in [4.78, 5) is 32.7. The van der Waals surface area contributed by atoms with E-state index in [-0.39, 0.29) is 17.4 Å². The van der Waals surface area contributed by atoms with Crippen molar-refractivity contribution in [3.63, 3.8) is 0 Å². The number of hydrazine groups is 1. The van der Waals surface area contributed by atoms with Crippen molar-refractivity contribution >= 4 is 17.8 Å². The van der Waals surface area contributed by atoms with E-state index in [4.69, 9.17) is 21.5 Å². The van der Waals surface area contributed by atoms with Gasteiger partial charge < -0.3 is 10.8 Å². The molecule has 0 aromatic heterocycles. The number of hydrogen-bond donors (Lipinski definition) is 3. The second-order valence-corrected chi connectivity index (χ2v) is 8.49. The van der Waals surface area contributed by atoms with Gasteiger partial charge in [0.2, 0.25) is 5.91 Å². The Morgan fingerprint density at radius 2 is 1.59 bits per heavy atom. The Balaban J connectivity index is 0.000000604. The van der Waals surface area contributed by atoms with E-state index in [1.54, 1.807) is 18.2 Å². The molecule has 2 aromatic rings. The van der Waals surface area contributed by atoms with E-state index in [0.717, 1.165) is 48.2 Å². The van der Waals surface area contributed by atoms with E-state index in [2.05, 4.69) is 6.07 Å². The summed E-state index contributed by atoms with van der Waals surface area (Å²) in [5.41, 5.74) is 7.18. The normalized spacial score (nSPS) is 14.5. The average Bonchev–Trinajstić information content (AvgIpc) is 2.86. The number of nitrogens with two attached hydrogens (primary N) is 2. The van der Waals surface area contributed by atoms with E-state index in [1.165, 1.54) is 12.1 Å². The second-order valence-electron chi connectivity index (χ2n) is 8.49. The highest BCUT2D eigenvalue weighted by Crippen LogP contribution is 2.26. The molecule has 8 nitrogen and oxygen atoms in total. The first-order chi connectivity index (χ1) is 17.3. The van der Waals surface area contributed by atoms with Gasteiger partial charge in [0.25, 0.3) is 5.91 Å². The predicted octanol–water partition coefficient (Wildman–Crippen LogP) is 3.94. The number of nitriles is 1. The fraction of sp³-hybridized carbons (Fsp3) is 0.360. The predicted molar refractivity (Wildman–Crippen MR) is 125 cm³/mol. The Labute approximate surface area is 210 Å². The number of primary amides is 1. The molecule has 0 unspecified atom stereocenters. The van der Waals surface area contributed by atoms with Crippen molar-refractivity contribution in [1.82, 2.24) is 5.01 Å². The molecule has 37 heavy (non-hydrogen) atoms. The van der Waals surface area contributed by atoms with Crippen LogP contribution >= 0.6 is 0 Å². The van der Waals surface area contributed by atoms with Gasteiger partial charge in [-0.3, -0.25) is 14.6 Å². The quantitative estimate of drug-likeness (QED) is 0.226. The molecule has 2 aromatic carbocycles. The van der Waals surface area contributed by atoms with Crippen LogP contribution in [0.15, 0.2) is 42.5 Å². The Hall–Kier alpha value is -3.98. The summed E-state index contributed by atoms with van der Waals surface area (Å²) in [6.07, 6.45) is 0.0428. The summed E-state index contributed by atoms with van der Waals surface area (Å²) in [6, 6.07) is 12.9. The van der Waals surface area contributed by atoms with Gasteiger partial charge in [-0.05, 0) is 41.7 Å². The second kappa shape index (κ2) is 12.8. The zero-order valence-electron chi connectivity index (χ0n) is 19.7. The van der Waals surface area contributed by atoms with Crippen LogP contribution in [0.1, 0.15) is 48.0 Å².